The molecule has 0 radical (unpaired) electrons. The van der Waals surface area contributed by atoms with Crippen molar-refractivity contribution in [3.63, 3.8) is 0 Å². The molecule has 0 aliphatic rings. The van der Waals surface area contributed by atoms with E-state index >= 15 is 0 Å². The molecule has 0 aromatic rings. The Morgan fingerprint density at radius 3 is 2.35 bits per heavy atom. The van der Waals surface area contributed by atoms with Crippen LogP contribution in [0.2, 0.25) is 0 Å². The van der Waals surface area contributed by atoms with Gasteiger partial charge in [0.15, 0.2) is 6.61 Å². The Kier molecular flexibility index (Phi) is 6.62. The van der Waals surface area contributed by atoms with Crippen molar-refractivity contribution < 1.29 is 23.9 Å². The van der Waals surface area contributed by atoms with Gasteiger partial charge in [-0.2, -0.15) is 4.84 Å². The van der Waals surface area contributed by atoms with E-state index in [9.17, 15) is 9.59 Å². The monoisotopic (exact) mass is 243 g/mol. The van der Waals surface area contributed by atoms with Gasteiger partial charge in [-0.05, 0) is 11.7 Å². The van der Waals surface area contributed by atoms with E-state index in [-0.39, 0.29) is 13.2 Å². The first kappa shape index (κ1) is 15.2. The molecule has 0 aliphatic heterocycles. The molecule has 0 aliphatic carbocycles. The van der Waals surface area contributed by atoms with Crippen LogP contribution in [0.5, 0.6) is 0 Å². The van der Waals surface area contributed by atoms with Crippen LogP contribution in [0, 0.1) is 0 Å². The summed E-state index contributed by atoms with van der Waals surface area (Å²) < 4.78 is 6.20. The number of hydroxylamine groups is 1. The molecule has 0 spiro atoms. The summed E-state index contributed by atoms with van der Waals surface area (Å²) in [5, 5.41) is 0. The second-order valence-electron chi connectivity index (χ2n) is 3.52. The average molecular weight is 243 g/mol. The molecule has 0 aromatic carbocycles. The van der Waals surface area contributed by atoms with Crippen LogP contribution in [-0.4, -0.2) is 35.7 Å². The second-order valence-corrected chi connectivity index (χ2v) is 3.52. The van der Waals surface area contributed by atoms with Crippen molar-refractivity contribution in [1.82, 2.24) is 0 Å². The van der Waals surface area contributed by atoms with Crippen molar-refractivity contribution in [2.75, 3.05) is 13.2 Å². The summed E-state index contributed by atoms with van der Waals surface area (Å²) >= 11 is 0. The van der Waals surface area contributed by atoms with E-state index in [0.29, 0.717) is 12.0 Å². The first-order chi connectivity index (χ1) is 7.88. The largest absolute Gasteiger partial charge is 0.472 e. The predicted octanol–water partition coefficient (Wildman–Crippen LogP) is 0.999. The third kappa shape index (κ3) is 6.34. The second kappa shape index (κ2) is 7.43. The van der Waals surface area contributed by atoms with Gasteiger partial charge < -0.3 is 10.5 Å². The Morgan fingerprint density at radius 1 is 1.35 bits per heavy atom. The predicted molar refractivity (Wildman–Crippen MR) is 62.5 cm³/mol. The van der Waals surface area contributed by atoms with Gasteiger partial charge in [-0.25, -0.2) is 9.59 Å². The Balaban J connectivity index is 4.33. The topological polar surface area (TPSA) is 81.6 Å². The number of nitrogens with two attached hydrogens (primary N) is 1. The maximum Gasteiger partial charge on any atom is 0.472 e. The zero-order chi connectivity index (χ0) is 13.4. The van der Waals surface area contributed by atoms with E-state index in [2.05, 4.69) is 6.58 Å². The number of amides is 1. The molecular formula is C11H19N2O4+. The quantitative estimate of drug-likeness (QED) is 0.188. The zero-order valence-electron chi connectivity index (χ0n) is 10.5. The Morgan fingerprint density at radius 2 is 1.94 bits per heavy atom. The maximum absolute atomic E-state index is 11.1. The highest BCUT2D eigenvalue weighted by molar-refractivity contribution is 5.86. The number of esters is 1. The molecule has 96 valence electrons. The molecule has 2 N–H and O–H groups in total. The van der Waals surface area contributed by atoms with E-state index in [0.717, 1.165) is 5.71 Å². The smallest absolute Gasteiger partial charge is 0.455 e. The standard InChI is InChI=1S/C11H18N2O4/c1-5-9(4)13(17-11(12)15)6-7-16-10(14)8(2)3/h2,5-7H2,1,3-4H3,(H-,12,15)/p+1. The van der Waals surface area contributed by atoms with Gasteiger partial charge in [-0.15, -0.1) is 0 Å². The zero-order valence-corrected chi connectivity index (χ0v) is 10.5. The van der Waals surface area contributed by atoms with E-state index < -0.39 is 12.1 Å². The van der Waals surface area contributed by atoms with E-state index in [1.165, 1.54) is 4.74 Å². The maximum atomic E-state index is 11.1. The molecule has 0 unspecified atom stereocenters. The third-order valence-electron chi connectivity index (χ3n) is 2.01. The fourth-order valence-electron chi connectivity index (χ4n) is 0.944. The van der Waals surface area contributed by atoms with Gasteiger partial charge in [0.1, 0.15) is 0 Å². The van der Waals surface area contributed by atoms with Gasteiger partial charge in [-0.3, -0.25) is 0 Å². The SMILES string of the molecule is C=C(C)C(=O)OCC[N+](OC(N)=O)=C(C)CC. The number of rotatable bonds is 6. The molecule has 6 heteroatoms. The van der Waals surface area contributed by atoms with Gasteiger partial charge in [0.05, 0.1) is 0 Å². The molecule has 6 nitrogen and oxygen atoms in total. The molecule has 0 aromatic heterocycles. The lowest BCUT2D eigenvalue weighted by Crippen LogP contribution is -2.30. The molecule has 0 saturated heterocycles. The number of carbonyl (C=O) groups excluding carboxylic acids is 2. The lowest BCUT2D eigenvalue weighted by molar-refractivity contribution is -0.760. The van der Waals surface area contributed by atoms with Crippen molar-refractivity contribution in [2.24, 2.45) is 5.73 Å². The van der Waals surface area contributed by atoms with Gasteiger partial charge in [-0.1, -0.05) is 13.5 Å². The molecule has 17 heavy (non-hydrogen) atoms. The highest BCUT2D eigenvalue weighted by Gasteiger charge is 2.16. The van der Waals surface area contributed by atoms with E-state index in [1.807, 2.05) is 6.92 Å². The molecule has 0 saturated carbocycles. The fourth-order valence-corrected chi connectivity index (χ4v) is 0.944. The summed E-state index contributed by atoms with van der Waals surface area (Å²) in [4.78, 5) is 26.5. The molecule has 1 amide bonds. The number of hydrogen-bond acceptors (Lipinski definition) is 4. The molecule has 0 atom stereocenters. The van der Waals surface area contributed by atoms with Crippen molar-refractivity contribution in [3.8, 4) is 0 Å². The van der Waals surface area contributed by atoms with Crippen molar-refractivity contribution in [3.05, 3.63) is 12.2 Å². The Labute approximate surface area is 101 Å². The average Bonchev–Trinajstić information content (AvgIpc) is 2.25. The first-order valence-corrected chi connectivity index (χ1v) is 5.28. The van der Waals surface area contributed by atoms with Crippen LogP contribution < -0.4 is 5.73 Å². The molecular weight excluding hydrogens is 224 g/mol. The van der Waals surface area contributed by atoms with Crippen LogP contribution in [0.1, 0.15) is 27.2 Å². The minimum Gasteiger partial charge on any atom is -0.455 e. The summed E-state index contributed by atoms with van der Waals surface area (Å²) in [6.07, 6.45) is -0.203. The summed E-state index contributed by atoms with van der Waals surface area (Å²) in [5.74, 6) is -0.474. The fraction of sp³-hybridized carbons (Fsp3) is 0.545. The van der Waals surface area contributed by atoms with Gasteiger partial charge >= 0.3 is 12.1 Å². The van der Waals surface area contributed by atoms with Gasteiger partial charge in [0.2, 0.25) is 12.3 Å². The Hall–Kier alpha value is -1.85. The lowest BCUT2D eigenvalue weighted by Gasteiger charge is -2.04. The number of ether oxygens (including phenoxy) is 1. The first-order valence-electron chi connectivity index (χ1n) is 5.28. The molecule has 0 heterocycles. The van der Waals surface area contributed by atoms with Crippen LogP contribution in [0.15, 0.2) is 12.2 Å². The van der Waals surface area contributed by atoms with Crippen molar-refractivity contribution in [1.29, 1.82) is 0 Å². The summed E-state index contributed by atoms with van der Waals surface area (Å²) in [5.41, 5.74) is 6.07. The number of primary amides is 1. The van der Waals surface area contributed by atoms with Crippen molar-refractivity contribution in [2.45, 2.75) is 27.2 Å². The van der Waals surface area contributed by atoms with Crippen LogP contribution in [-0.2, 0) is 14.4 Å². The lowest BCUT2D eigenvalue weighted by atomic mass is 10.3. The summed E-state index contributed by atoms with van der Waals surface area (Å²) in [6.45, 7) is 9.05. The highest BCUT2D eigenvalue weighted by atomic mass is 16.7. The number of carbonyl (C=O) groups is 2. The van der Waals surface area contributed by atoms with E-state index in [1.54, 1.807) is 13.8 Å². The summed E-state index contributed by atoms with van der Waals surface area (Å²) in [6, 6.07) is 0. The molecule has 0 rings (SSSR count). The van der Waals surface area contributed by atoms with E-state index in [4.69, 9.17) is 15.3 Å². The van der Waals surface area contributed by atoms with Crippen molar-refractivity contribution >= 4 is 17.8 Å². The molecule has 0 fully saturated rings. The summed E-state index contributed by atoms with van der Waals surface area (Å²) in [7, 11) is 0. The van der Waals surface area contributed by atoms with Crippen LogP contribution >= 0.6 is 0 Å². The Bertz CT molecular complexity index is 347. The number of nitrogens with zero attached hydrogens (tertiary/aromatic N) is 1. The third-order valence-corrected chi connectivity index (χ3v) is 2.01. The van der Waals surface area contributed by atoms with Gasteiger partial charge in [0.25, 0.3) is 0 Å². The normalized spacial score (nSPS) is 11.5. The minimum atomic E-state index is -0.899. The minimum absolute atomic E-state index is 0.0936. The van der Waals surface area contributed by atoms with Gasteiger partial charge in [0, 0.05) is 18.9 Å². The molecule has 0 bridgehead atoms. The highest BCUT2D eigenvalue weighted by Crippen LogP contribution is 1.94. The van der Waals surface area contributed by atoms with Crippen LogP contribution in [0.25, 0.3) is 0 Å². The number of hydrogen-bond donors (Lipinski definition) is 1. The van der Waals surface area contributed by atoms with Crippen LogP contribution in [0.3, 0.4) is 0 Å². The van der Waals surface area contributed by atoms with Crippen LogP contribution in [0.4, 0.5) is 4.79 Å².